The van der Waals surface area contributed by atoms with E-state index in [-0.39, 0.29) is 11.9 Å². The van der Waals surface area contributed by atoms with Gasteiger partial charge in [-0.1, -0.05) is 26.7 Å². The van der Waals surface area contributed by atoms with Crippen LogP contribution < -0.4 is 5.32 Å². The average molecular weight is 242 g/mol. The third kappa shape index (κ3) is 5.04. The molecular formula is C13H26N2O2. The lowest BCUT2D eigenvalue weighted by Crippen LogP contribution is -2.31. The van der Waals surface area contributed by atoms with Crippen molar-refractivity contribution in [1.82, 2.24) is 10.2 Å². The molecule has 0 saturated carbocycles. The van der Waals surface area contributed by atoms with E-state index in [2.05, 4.69) is 19.2 Å². The molecule has 1 aliphatic rings. The third-order valence-corrected chi connectivity index (χ3v) is 3.05. The first-order valence-corrected chi connectivity index (χ1v) is 6.89. The van der Waals surface area contributed by atoms with Crippen LogP contribution >= 0.6 is 0 Å². The summed E-state index contributed by atoms with van der Waals surface area (Å²) >= 11 is 0. The quantitative estimate of drug-likeness (QED) is 0.626. The molecule has 1 unspecified atom stereocenters. The molecule has 1 atom stereocenters. The number of amides is 1. The maximum absolute atomic E-state index is 12.0. The molecule has 0 aromatic heterocycles. The molecule has 1 saturated heterocycles. The Morgan fingerprint density at radius 1 is 1.29 bits per heavy atom. The molecule has 0 spiro atoms. The number of carbonyl (C=O) groups is 1. The van der Waals surface area contributed by atoms with Crippen LogP contribution in [0.1, 0.15) is 46.0 Å². The van der Waals surface area contributed by atoms with Crippen LogP contribution in [0.2, 0.25) is 0 Å². The summed E-state index contributed by atoms with van der Waals surface area (Å²) in [5.74, 6) is 0.272. The van der Waals surface area contributed by atoms with Crippen LogP contribution in [-0.2, 0) is 9.53 Å². The molecule has 0 radical (unpaired) electrons. The fourth-order valence-electron chi connectivity index (χ4n) is 2.03. The van der Waals surface area contributed by atoms with Crippen molar-refractivity contribution in [2.75, 3.05) is 26.4 Å². The maximum atomic E-state index is 12.0. The highest BCUT2D eigenvalue weighted by molar-refractivity contribution is 5.83. The lowest BCUT2D eigenvalue weighted by molar-refractivity contribution is -0.129. The summed E-state index contributed by atoms with van der Waals surface area (Å²) in [5.41, 5.74) is 0. The van der Waals surface area contributed by atoms with Gasteiger partial charge in [-0.2, -0.15) is 0 Å². The van der Waals surface area contributed by atoms with E-state index in [0.29, 0.717) is 6.67 Å². The van der Waals surface area contributed by atoms with E-state index in [0.717, 1.165) is 51.9 Å². The molecule has 1 rings (SSSR count). The zero-order valence-corrected chi connectivity index (χ0v) is 11.2. The zero-order chi connectivity index (χ0) is 12.5. The number of unbranched alkanes of at least 4 members (excludes halogenated alkanes) is 1. The van der Waals surface area contributed by atoms with Gasteiger partial charge in [0.2, 0.25) is 5.91 Å². The van der Waals surface area contributed by atoms with E-state index in [1.54, 1.807) is 0 Å². The van der Waals surface area contributed by atoms with Gasteiger partial charge in [-0.25, -0.2) is 0 Å². The molecule has 17 heavy (non-hydrogen) atoms. The standard InChI is InChI=1S/C13H26N2O2/c1-3-5-7-12-13(16)15(11-14-12)8-6-10-17-9-4-2/h12,14H,3-11H2,1-2H3. The lowest BCUT2D eigenvalue weighted by atomic mass is 10.1. The molecule has 100 valence electrons. The Balaban J connectivity index is 2.12. The molecule has 0 aliphatic carbocycles. The molecule has 1 aliphatic heterocycles. The van der Waals surface area contributed by atoms with E-state index < -0.39 is 0 Å². The second-order valence-corrected chi connectivity index (χ2v) is 4.62. The summed E-state index contributed by atoms with van der Waals surface area (Å²) in [6.45, 7) is 7.37. The van der Waals surface area contributed by atoms with Crippen molar-refractivity contribution < 1.29 is 9.53 Å². The SMILES string of the molecule is CCCCC1NCN(CCCOCCC)C1=O. The second kappa shape index (κ2) is 8.48. The van der Waals surface area contributed by atoms with Crippen molar-refractivity contribution >= 4 is 5.91 Å². The second-order valence-electron chi connectivity index (χ2n) is 4.62. The predicted molar refractivity (Wildman–Crippen MR) is 68.8 cm³/mol. The van der Waals surface area contributed by atoms with Crippen LogP contribution in [-0.4, -0.2) is 43.3 Å². The van der Waals surface area contributed by atoms with Gasteiger partial charge in [0.1, 0.15) is 0 Å². The number of ether oxygens (including phenoxy) is 1. The van der Waals surface area contributed by atoms with Crippen LogP contribution in [0, 0.1) is 0 Å². The number of rotatable bonds is 9. The van der Waals surface area contributed by atoms with Gasteiger partial charge < -0.3 is 9.64 Å². The highest BCUT2D eigenvalue weighted by Gasteiger charge is 2.29. The summed E-state index contributed by atoms with van der Waals surface area (Å²) in [5, 5.41) is 3.28. The Hall–Kier alpha value is -0.610. The fourth-order valence-corrected chi connectivity index (χ4v) is 2.03. The molecule has 0 aromatic carbocycles. The largest absolute Gasteiger partial charge is 0.381 e. The Bertz CT molecular complexity index is 221. The maximum Gasteiger partial charge on any atom is 0.240 e. The van der Waals surface area contributed by atoms with Gasteiger partial charge >= 0.3 is 0 Å². The van der Waals surface area contributed by atoms with E-state index in [9.17, 15) is 4.79 Å². The van der Waals surface area contributed by atoms with Crippen molar-refractivity contribution in [3.05, 3.63) is 0 Å². The number of hydrogen-bond acceptors (Lipinski definition) is 3. The van der Waals surface area contributed by atoms with Crippen LogP contribution in [0.4, 0.5) is 0 Å². The minimum atomic E-state index is 0.0616. The highest BCUT2D eigenvalue weighted by atomic mass is 16.5. The molecule has 0 bridgehead atoms. The van der Waals surface area contributed by atoms with Crippen LogP contribution in [0.25, 0.3) is 0 Å². The first kappa shape index (κ1) is 14.5. The van der Waals surface area contributed by atoms with Crippen LogP contribution in [0.3, 0.4) is 0 Å². The van der Waals surface area contributed by atoms with E-state index in [1.165, 1.54) is 0 Å². The Morgan fingerprint density at radius 3 is 2.82 bits per heavy atom. The van der Waals surface area contributed by atoms with E-state index in [4.69, 9.17) is 4.74 Å². The van der Waals surface area contributed by atoms with Gasteiger partial charge in [-0.15, -0.1) is 0 Å². The molecule has 1 fully saturated rings. The molecule has 1 heterocycles. The van der Waals surface area contributed by atoms with Crippen molar-refractivity contribution in [2.45, 2.75) is 52.0 Å². The molecule has 1 N–H and O–H groups in total. The lowest BCUT2D eigenvalue weighted by Gasteiger charge is -2.15. The summed E-state index contributed by atoms with van der Waals surface area (Å²) in [6, 6.07) is 0.0616. The number of nitrogens with one attached hydrogen (secondary N) is 1. The van der Waals surface area contributed by atoms with Crippen molar-refractivity contribution in [3.63, 3.8) is 0 Å². The number of carbonyl (C=O) groups excluding carboxylic acids is 1. The van der Waals surface area contributed by atoms with Crippen LogP contribution in [0.15, 0.2) is 0 Å². The Kier molecular flexibility index (Phi) is 7.21. The summed E-state index contributed by atoms with van der Waals surface area (Å²) < 4.78 is 5.41. The monoisotopic (exact) mass is 242 g/mol. The van der Waals surface area contributed by atoms with E-state index in [1.807, 2.05) is 4.90 Å². The Labute approximate surface area is 105 Å². The van der Waals surface area contributed by atoms with Gasteiger partial charge in [0.15, 0.2) is 0 Å². The van der Waals surface area contributed by atoms with Crippen molar-refractivity contribution in [2.24, 2.45) is 0 Å². The topological polar surface area (TPSA) is 41.6 Å². The predicted octanol–water partition coefficient (Wildman–Crippen LogP) is 1.75. The first-order valence-electron chi connectivity index (χ1n) is 6.89. The first-order chi connectivity index (χ1) is 8.29. The summed E-state index contributed by atoms with van der Waals surface area (Å²) in [7, 11) is 0. The molecule has 4 heteroatoms. The minimum Gasteiger partial charge on any atom is -0.381 e. The highest BCUT2D eigenvalue weighted by Crippen LogP contribution is 2.10. The van der Waals surface area contributed by atoms with Crippen molar-refractivity contribution in [3.8, 4) is 0 Å². The average Bonchev–Trinajstić information content (AvgIpc) is 2.68. The van der Waals surface area contributed by atoms with Crippen LogP contribution in [0.5, 0.6) is 0 Å². The van der Waals surface area contributed by atoms with Gasteiger partial charge in [0.25, 0.3) is 0 Å². The fraction of sp³-hybridized carbons (Fsp3) is 0.923. The number of hydrogen-bond donors (Lipinski definition) is 1. The third-order valence-electron chi connectivity index (χ3n) is 3.05. The molecular weight excluding hydrogens is 216 g/mol. The summed E-state index contributed by atoms with van der Waals surface area (Å²) in [4.78, 5) is 13.9. The van der Waals surface area contributed by atoms with E-state index >= 15 is 0 Å². The normalized spacial score (nSPS) is 20.2. The molecule has 1 amide bonds. The molecule has 4 nitrogen and oxygen atoms in total. The minimum absolute atomic E-state index is 0.0616. The van der Waals surface area contributed by atoms with Gasteiger partial charge in [-0.05, 0) is 19.3 Å². The smallest absolute Gasteiger partial charge is 0.240 e. The van der Waals surface area contributed by atoms with Crippen molar-refractivity contribution in [1.29, 1.82) is 0 Å². The van der Waals surface area contributed by atoms with Gasteiger partial charge in [0, 0.05) is 19.8 Å². The number of nitrogens with zero attached hydrogens (tertiary/aromatic N) is 1. The zero-order valence-electron chi connectivity index (χ0n) is 11.2. The van der Waals surface area contributed by atoms with Gasteiger partial charge in [0.05, 0.1) is 12.7 Å². The summed E-state index contributed by atoms with van der Waals surface area (Å²) in [6.07, 6.45) is 5.24. The molecule has 0 aromatic rings. The van der Waals surface area contributed by atoms with Gasteiger partial charge in [-0.3, -0.25) is 10.1 Å². The Morgan fingerprint density at radius 2 is 2.12 bits per heavy atom.